The smallest absolute Gasteiger partial charge is 0.0683 e. The minimum absolute atomic E-state index is 0.135. The molecule has 0 aromatic heterocycles. The van der Waals surface area contributed by atoms with Gasteiger partial charge < -0.3 is 4.90 Å². The molecule has 2 nitrogen and oxygen atoms in total. The Kier molecular flexibility index (Phi) is 5.98. The summed E-state index contributed by atoms with van der Waals surface area (Å²) in [6, 6.07) is 2.37. The van der Waals surface area contributed by atoms with Gasteiger partial charge in [0.25, 0.3) is 0 Å². The highest BCUT2D eigenvalue weighted by atomic mass is 15.1. The highest BCUT2D eigenvalue weighted by molar-refractivity contribution is 4.91. The van der Waals surface area contributed by atoms with E-state index in [1.54, 1.807) is 0 Å². The van der Waals surface area contributed by atoms with E-state index in [0.29, 0.717) is 0 Å². The first-order chi connectivity index (χ1) is 8.03. The molecular formula is C15H28N2. The van der Waals surface area contributed by atoms with Crippen LogP contribution < -0.4 is 0 Å². The van der Waals surface area contributed by atoms with Crippen LogP contribution >= 0.6 is 0 Å². The van der Waals surface area contributed by atoms with E-state index in [2.05, 4.69) is 18.0 Å². The summed E-state index contributed by atoms with van der Waals surface area (Å²) in [5.41, 5.74) is -0.135. The molecule has 1 aliphatic rings. The number of rotatable bonds is 7. The Hall–Kier alpha value is -0.550. The maximum Gasteiger partial charge on any atom is 0.0683 e. The zero-order valence-electron chi connectivity index (χ0n) is 11.8. The van der Waals surface area contributed by atoms with Crippen LogP contribution in [-0.2, 0) is 0 Å². The maximum atomic E-state index is 8.93. The van der Waals surface area contributed by atoms with Crippen LogP contribution in [0.5, 0.6) is 0 Å². The fourth-order valence-electron chi connectivity index (χ4n) is 2.73. The Labute approximate surface area is 107 Å². The molecule has 0 unspecified atom stereocenters. The van der Waals surface area contributed by atoms with Crippen molar-refractivity contribution in [2.24, 2.45) is 11.3 Å². The summed E-state index contributed by atoms with van der Waals surface area (Å²) >= 11 is 0. The molecule has 17 heavy (non-hydrogen) atoms. The average molecular weight is 236 g/mol. The van der Waals surface area contributed by atoms with Crippen molar-refractivity contribution in [2.75, 3.05) is 20.1 Å². The summed E-state index contributed by atoms with van der Waals surface area (Å²) in [4.78, 5) is 2.48. The van der Waals surface area contributed by atoms with Gasteiger partial charge in [0.15, 0.2) is 0 Å². The predicted molar refractivity (Wildman–Crippen MR) is 72.7 cm³/mol. The van der Waals surface area contributed by atoms with Gasteiger partial charge in [0.2, 0.25) is 0 Å². The zero-order chi connectivity index (χ0) is 12.7. The fraction of sp³-hybridized carbons (Fsp3) is 0.933. The second-order valence-corrected chi connectivity index (χ2v) is 6.37. The third-order valence-corrected chi connectivity index (χ3v) is 3.94. The minimum atomic E-state index is -0.135. The first kappa shape index (κ1) is 14.5. The van der Waals surface area contributed by atoms with Crippen LogP contribution in [0, 0.1) is 22.7 Å². The van der Waals surface area contributed by atoms with Crippen molar-refractivity contribution in [2.45, 2.75) is 58.8 Å². The van der Waals surface area contributed by atoms with E-state index in [0.717, 1.165) is 12.3 Å². The Morgan fingerprint density at radius 2 is 1.88 bits per heavy atom. The van der Waals surface area contributed by atoms with Crippen LogP contribution in [0.4, 0.5) is 0 Å². The van der Waals surface area contributed by atoms with Crippen molar-refractivity contribution < 1.29 is 0 Å². The van der Waals surface area contributed by atoms with Gasteiger partial charge in [-0.05, 0) is 59.0 Å². The van der Waals surface area contributed by atoms with Gasteiger partial charge in [-0.25, -0.2) is 0 Å². The second-order valence-electron chi connectivity index (χ2n) is 6.37. The molecule has 1 aliphatic carbocycles. The minimum Gasteiger partial charge on any atom is -0.306 e. The van der Waals surface area contributed by atoms with E-state index < -0.39 is 0 Å². The molecule has 0 aromatic rings. The normalized spacial score (nSPS) is 17.6. The third kappa shape index (κ3) is 6.07. The fourth-order valence-corrected chi connectivity index (χ4v) is 2.73. The first-order valence-corrected chi connectivity index (χ1v) is 7.13. The van der Waals surface area contributed by atoms with Gasteiger partial charge in [0, 0.05) is 6.54 Å². The maximum absolute atomic E-state index is 8.93. The largest absolute Gasteiger partial charge is 0.306 e. The second kappa shape index (κ2) is 7.01. The Balaban J connectivity index is 2.04. The van der Waals surface area contributed by atoms with Gasteiger partial charge in [-0.2, -0.15) is 5.26 Å². The van der Waals surface area contributed by atoms with E-state index in [1.165, 1.54) is 51.6 Å². The van der Waals surface area contributed by atoms with Crippen LogP contribution in [0.25, 0.3) is 0 Å². The molecule has 98 valence electrons. The highest BCUT2D eigenvalue weighted by Crippen LogP contribution is 2.25. The van der Waals surface area contributed by atoms with Gasteiger partial charge in [0.05, 0.1) is 11.5 Å². The van der Waals surface area contributed by atoms with E-state index in [9.17, 15) is 0 Å². The Morgan fingerprint density at radius 3 is 2.47 bits per heavy atom. The molecule has 1 saturated carbocycles. The van der Waals surface area contributed by atoms with E-state index in [-0.39, 0.29) is 5.41 Å². The Morgan fingerprint density at radius 1 is 1.24 bits per heavy atom. The van der Waals surface area contributed by atoms with Crippen molar-refractivity contribution in [3.05, 3.63) is 0 Å². The lowest BCUT2D eigenvalue weighted by Gasteiger charge is -2.21. The molecule has 0 bridgehead atoms. The lowest BCUT2D eigenvalue weighted by atomic mass is 9.89. The molecule has 1 rings (SSSR count). The molecule has 0 heterocycles. The van der Waals surface area contributed by atoms with E-state index in [4.69, 9.17) is 5.26 Å². The van der Waals surface area contributed by atoms with Crippen molar-refractivity contribution in [3.63, 3.8) is 0 Å². The molecule has 0 aromatic carbocycles. The monoisotopic (exact) mass is 236 g/mol. The standard InChI is InChI=1S/C15H28N2/c1-15(2,13-16)10-6-7-11-17(3)12-14-8-4-5-9-14/h14H,4-12H2,1-3H3. The molecule has 0 saturated heterocycles. The van der Waals surface area contributed by atoms with Crippen LogP contribution in [0.15, 0.2) is 0 Å². The van der Waals surface area contributed by atoms with Crippen LogP contribution in [0.3, 0.4) is 0 Å². The summed E-state index contributed by atoms with van der Waals surface area (Å²) in [7, 11) is 2.24. The third-order valence-electron chi connectivity index (χ3n) is 3.94. The first-order valence-electron chi connectivity index (χ1n) is 7.13. The molecule has 0 amide bonds. The van der Waals surface area contributed by atoms with Crippen molar-refractivity contribution in [1.82, 2.24) is 4.90 Å². The quantitative estimate of drug-likeness (QED) is 0.628. The van der Waals surface area contributed by atoms with Gasteiger partial charge >= 0.3 is 0 Å². The summed E-state index contributed by atoms with van der Waals surface area (Å²) in [6.45, 7) is 6.55. The predicted octanol–water partition coefficient (Wildman–Crippen LogP) is 3.83. The topological polar surface area (TPSA) is 27.0 Å². The molecule has 2 heteroatoms. The summed E-state index contributed by atoms with van der Waals surface area (Å²) in [5, 5.41) is 8.93. The highest BCUT2D eigenvalue weighted by Gasteiger charge is 2.17. The van der Waals surface area contributed by atoms with Gasteiger partial charge in [-0.1, -0.05) is 19.3 Å². The lowest BCUT2D eigenvalue weighted by molar-refractivity contribution is 0.267. The molecule has 0 atom stereocenters. The van der Waals surface area contributed by atoms with Crippen molar-refractivity contribution in [1.29, 1.82) is 5.26 Å². The van der Waals surface area contributed by atoms with Gasteiger partial charge in [-0.15, -0.1) is 0 Å². The summed E-state index contributed by atoms with van der Waals surface area (Å²) in [5.74, 6) is 0.954. The van der Waals surface area contributed by atoms with Gasteiger partial charge in [-0.3, -0.25) is 0 Å². The number of hydrogen-bond acceptors (Lipinski definition) is 2. The molecule has 0 spiro atoms. The van der Waals surface area contributed by atoms with Crippen LogP contribution in [0.1, 0.15) is 58.8 Å². The average Bonchev–Trinajstić information content (AvgIpc) is 2.77. The summed E-state index contributed by atoms with van der Waals surface area (Å²) in [6.07, 6.45) is 9.19. The van der Waals surface area contributed by atoms with Crippen molar-refractivity contribution in [3.8, 4) is 6.07 Å². The zero-order valence-corrected chi connectivity index (χ0v) is 11.8. The van der Waals surface area contributed by atoms with Crippen LogP contribution in [-0.4, -0.2) is 25.0 Å². The van der Waals surface area contributed by atoms with E-state index >= 15 is 0 Å². The SMILES string of the molecule is CN(CCCCC(C)(C)C#N)CC1CCCC1. The summed E-state index contributed by atoms with van der Waals surface area (Å²) < 4.78 is 0. The van der Waals surface area contributed by atoms with Crippen molar-refractivity contribution >= 4 is 0 Å². The van der Waals surface area contributed by atoms with E-state index in [1.807, 2.05) is 13.8 Å². The Bertz CT molecular complexity index is 246. The number of unbranched alkanes of at least 4 members (excludes halogenated alkanes) is 1. The number of nitrogens with zero attached hydrogens (tertiary/aromatic N) is 2. The van der Waals surface area contributed by atoms with Crippen LogP contribution in [0.2, 0.25) is 0 Å². The number of hydrogen-bond donors (Lipinski definition) is 0. The molecular weight excluding hydrogens is 208 g/mol. The number of nitriles is 1. The lowest BCUT2D eigenvalue weighted by Crippen LogP contribution is -2.25. The van der Waals surface area contributed by atoms with Gasteiger partial charge in [0.1, 0.15) is 0 Å². The molecule has 0 radical (unpaired) electrons. The molecule has 1 fully saturated rings. The molecule has 0 aliphatic heterocycles. The molecule has 0 N–H and O–H groups in total.